The Morgan fingerprint density at radius 2 is 2.32 bits per heavy atom. The summed E-state index contributed by atoms with van der Waals surface area (Å²) >= 11 is 0. The highest BCUT2D eigenvalue weighted by molar-refractivity contribution is 5.81. The first kappa shape index (κ1) is 13.4. The normalized spacial score (nSPS) is 16.3. The SMILES string of the molecule is NC(CCC(=O)O)c1cccc(N2CCC(=O)N2)c1. The lowest BCUT2D eigenvalue weighted by Crippen LogP contribution is -2.33. The number of nitrogens with one attached hydrogen (secondary N) is 1. The zero-order valence-corrected chi connectivity index (χ0v) is 10.5. The summed E-state index contributed by atoms with van der Waals surface area (Å²) in [7, 11) is 0. The van der Waals surface area contributed by atoms with Crippen LogP contribution < -0.4 is 16.2 Å². The molecule has 1 unspecified atom stereocenters. The van der Waals surface area contributed by atoms with Crippen LogP contribution in [0.4, 0.5) is 5.69 Å². The van der Waals surface area contributed by atoms with Crippen LogP contribution in [0.25, 0.3) is 0 Å². The van der Waals surface area contributed by atoms with Crippen LogP contribution in [0.5, 0.6) is 0 Å². The molecule has 1 aromatic rings. The van der Waals surface area contributed by atoms with Crippen LogP contribution in [0, 0.1) is 0 Å². The highest BCUT2D eigenvalue weighted by Crippen LogP contribution is 2.22. The van der Waals surface area contributed by atoms with Gasteiger partial charge in [-0.05, 0) is 24.1 Å². The van der Waals surface area contributed by atoms with Crippen molar-refractivity contribution >= 4 is 17.6 Å². The van der Waals surface area contributed by atoms with E-state index in [2.05, 4.69) is 5.43 Å². The minimum absolute atomic E-state index is 0.000536. The number of aliphatic carboxylic acids is 1. The van der Waals surface area contributed by atoms with Crippen molar-refractivity contribution in [2.45, 2.75) is 25.3 Å². The number of carboxylic acid groups (broad SMARTS) is 1. The fourth-order valence-electron chi connectivity index (χ4n) is 2.04. The summed E-state index contributed by atoms with van der Waals surface area (Å²) in [4.78, 5) is 21.7. The van der Waals surface area contributed by atoms with Gasteiger partial charge in [0.2, 0.25) is 5.91 Å². The fourth-order valence-corrected chi connectivity index (χ4v) is 2.04. The molecule has 6 nitrogen and oxygen atoms in total. The Morgan fingerprint density at radius 3 is 2.95 bits per heavy atom. The Morgan fingerprint density at radius 1 is 1.53 bits per heavy atom. The highest BCUT2D eigenvalue weighted by Gasteiger charge is 2.19. The maximum absolute atomic E-state index is 11.2. The molecule has 0 spiro atoms. The summed E-state index contributed by atoms with van der Waals surface area (Å²) in [5.41, 5.74) is 10.5. The summed E-state index contributed by atoms with van der Waals surface area (Å²) in [5.74, 6) is -0.848. The highest BCUT2D eigenvalue weighted by atomic mass is 16.4. The number of carbonyl (C=O) groups excluding carboxylic acids is 1. The van der Waals surface area contributed by atoms with E-state index >= 15 is 0 Å². The molecular weight excluding hydrogens is 246 g/mol. The number of hydrazine groups is 1. The standard InChI is InChI=1S/C13H17N3O3/c14-11(4-5-13(18)19)9-2-1-3-10(8-9)16-7-6-12(17)15-16/h1-3,8,11H,4-7,14H2,(H,15,17)(H,18,19). The van der Waals surface area contributed by atoms with E-state index in [1.54, 1.807) is 5.01 Å². The van der Waals surface area contributed by atoms with Gasteiger partial charge in [-0.25, -0.2) is 0 Å². The predicted molar refractivity (Wildman–Crippen MR) is 70.3 cm³/mol. The van der Waals surface area contributed by atoms with Gasteiger partial charge >= 0.3 is 5.97 Å². The molecule has 2 rings (SSSR count). The predicted octanol–water partition coefficient (Wildman–Crippen LogP) is 0.792. The lowest BCUT2D eigenvalue weighted by molar-refractivity contribution is -0.137. The molecule has 19 heavy (non-hydrogen) atoms. The van der Waals surface area contributed by atoms with Crippen LogP contribution in [0.1, 0.15) is 30.9 Å². The molecule has 1 fully saturated rings. The third kappa shape index (κ3) is 3.45. The third-order valence-electron chi connectivity index (χ3n) is 3.10. The minimum Gasteiger partial charge on any atom is -0.481 e. The second-order valence-corrected chi connectivity index (χ2v) is 4.57. The fraction of sp³-hybridized carbons (Fsp3) is 0.385. The minimum atomic E-state index is -0.849. The maximum atomic E-state index is 11.2. The number of benzene rings is 1. The summed E-state index contributed by atoms with van der Waals surface area (Å²) in [5, 5.41) is 10.4. The van der Waals surface area contributed by atoms with Crippen molar-refractivity contribution in [2.75, 3.05) is 11.6 Å². The Balaban J connectivity index is 2.06. The monoisotopic (exact) mass is 263 g/mol. The van der Waals surface area contributed by atoms with E-state index in [1.807, 2.05) is 24.3 Å². The molecular formula is C13H17N3O3. The van der Waals surface area contributed by atoms with Gasteiger partial charge in [-0.3, -0.25) is 20.0 Å². The number of nitrogens with two attached hydrogens (primary N) is 1. The number of hydrogen-bond acceptors (Lipinski definition) is 4. The first-order valence-corrected chi connectivity index (χ1v) is 6.20. The second-order valence-electron chi connectivity index (χ2n) is 4.57. The summed E-state index contributed by atoms with van der Waals surface area (Å²) in [6, 6.07) is 7.19. The summed E-state index contributed by atoms with van der Waals surface area (Å²) in [6.45, 7) is 0.632. The van der Waals surface area contributed by atoms with Crippen molar-refractivity contribution < 1.29 is 14.7 Å². The number of nitrogens with zero attached hydrogens (tertiary/aromatic N) is 1. The van der Waals surface area contributed by atoms with Crippen molar-refractivity contribution in [3.63, 3.8) is 0 Å². The van der Waals surface area contributed by atoms with Gasteiger partial charge < -0.3 is 10.8 Å². The number of amides is 1. The van der Waals surface area contributed by atoms with Crippen LogP contribution in [-0.2, 0) is 9.59 Å². The van der Waals surface area contributed by atoms with Gasteiger partial charge in [0, 0.05) is 25.4 Å². The molecule has 1 amide bonds. The first-order valence-electron chi connectivity index (χ1n) is 6.20. The van der Waals surface area contributed by atoms with E-state index in [0.717, 1.165) is 11.3 Å². The Kier molecular flexibility index (Phi) is 4.01. The van der Waals surface area contributed by atoms with E-state index in [1.165, 1.54) is 0 Å². The van der Waals surface area contributed by atoms with Gasteiger partial charge in [-0.1, -0.05) is 12.1 Å². The van der Waals surface area contributed by atoms with Crippen molar-refractivity contribution in [3.8, 4) is 0 Å². The Bertz CT molecular complexity index is 490. The van der Waals surface area contributed by atoms with E-state index in [9.17, 15) is 9.59 Å². The molecule has 0 aliphatic carbocycles. The van der Waals surface area contributed by atoms with Crippen molar-refractivity contribution in [1.29, 1.82) is 0 Å². The number of rotatable bonds is 5. The van der Waals surface area contributed by atoms with E-state index < -0.39 is 5.97 Å². The molecule has 1 heterocycles. The van der Waals surface area contributed by atoms with Crippen molar-refractivity contribution in [3.05, 3.63) is 29.8 Å². The number of anilines is 1. The quantitative estimate of drug-likeness (QED) is 0.730. The third-order valence-corrected chi connectivity index (χ3v) is 3.10. The average Bonchev–Trinajstić information content (AvgIpc) is 2.83. The van der Waals surface area contributed by atoms with Gasteiger partial charge in [0.25, 0.3) is 0 Å². The molecule has 6 heteroatoms. The van der Waals surface area contributed by atoms with Crippen molar-refractivity contribution in [1.82, 2.24) is 5.43 Å². The van der Waals surface area contributed by atoms with Gasteiger partial charge in [-0.2, -0.15) is 0 Å². The molecule has 102 valence electrons. The molecule has 0 radical (unpaired) electrons. The summed E-state index contributed by atoms with van der Waals surface area (Å²) in [6.07, 6.45) is 0.923. The molecule has 0 bridgehead atoms. The Labute approximate surface area is 111 Å². The molecule has 1 aliphatic heterocycles. The zero-order chi connectivity index (χ0) is 13.8. The van der Waals surface area contributed by atoms with Crippen LogP contribution in [0.15, 0.2) is 24.3 Å². The molecule has 1 aliphatic rings. The molecule has 1 saturated heterocycles. The molecule has 0 saturated carbocycles. The second kappa shape index (κ2) is 5.71. The first-order chi connectivity index (χ1) is 9.06. The molecule has 0 aromatic heterocycles. The van der Waals surface area contributed by atoms with Gasteiger partial charge in [0.05, 0.1) is 5.69 Å². The molecule has 4 N–H and O–H groups in total. The topological polar surface area (TPSA) is 95.7 Å². The largest absolute Gasteiger partial charge is 0.481 e. The van der Waals surface area contributed by atoms with Crippen LogP contribution in [0.2, 0.25) is 0 Å². The van der Waals surface area contributed by atoms with E-state index in [0.29, 0.717) is 19.4 Å². The Hall–Kier alpha value is -2.08. The summed E-state index contributed by atoms with van der Waals surface area (Å²) < 4.78 is 0. The number of carboxylic acids is 1. The van der Waals surface area contributed by atoms with Crippen molar-refractivity contribution in [2.24, 2.45) is 5.73 Å². The van der Waals surface area contributed by atoms with Gasteiger partial charge in [0.1, 0.15) is 0 Å². The molecule has 1 aromatic carbocycles. The van der Waals surface area contributed by atoms with E-state index in [4.69, 9.17) is 10.8 Å². The van der Waals surface area contributed by atoms with Crippen LogP contribution >= 0.6 is 0 Å². The number of hydrogen-bond donors (Lipinski definition) is 3. The van der Waals surface area contributed by atoms with Crippen LogP contribution in [0.3, 0.4) is 0 Å². The molecule has 1 atom stereocenters. The average molecular weight is 263 g/mol. The van der Waals surface area contributed by atoms with Gasteiger partial charge in [0.15, 0.2) is 0 Å². The smallest absolute Gasteiger partial charge is 0.303 e. The number of carbonyl (C=O) groups is 2. The van der Waals surface area contributed by atoms with Gasteiger partial charge in [-0.15, -0.1) is 0 Å². The van der Waals surface area contributed by atoms with Crippen LogP contribution in [-0.4, -0.2) is 23.5 Å². The lowest BCUT2D eigenvalue weighted by Gasteiger charge is -2.19. The lowest BCUT2D eigenvalue weighted by atomic mass is 10.0. The maximum Gasteiger partial charge on any atom is 0.303 e. The van der Waals surface area contributed by atoms with E-state index in [-0.39, 0.29) is 18.4 Å². The zero-order valence-electron chi connectivity index (χ0n) is 10.5.